The van der Waals surface area contributed by atoms with Crippen molar-refractivity contribution < 1.29 is 8.42 Å². The van der Waals surface area contributed by atoms with Crippen molar-refractivity contribution in [2.75, 3.05) is 10.5 Å². The Hall–Kier alpha value is -1.09. The second-order valence-corrected chi connectivity index (χ2v) is 7.30. The molecule has 1 aromatic heterocycles. The minimum atomic E-state index is -3.93. The number of halogens is 3. The lowest BCUT2D eigenvalue weighted by Gasteiger charge is -2.13. The van der Waals surface area contributed by atoms with Gasteiger partial charge in [-0.15, -0.1) is 0 Å². The molecule has 0 aliphatic rings. The van der Waals surface area contributed by atoms with Crippen molar-refractivity contribution >= 4 is 60.5 Å². The number of nitrogens with two attached hydrogens (primary N) is 1. The molecular formula is C11H9BrCl2N4O2S. The predicted octanol–water partition coefficient (Wildman–Crippen LogP) is 3.24. The van der Waals surface area contributed by atoms with E-state index in [2.05, 4.69) is 30.6 Å². The number of nitrogens with zero attached hydrogens (tertiary/aromatic N) is 2. The van der Waals surface area contributed by atoms with Gasteiger partial charge in [0, 0.05) is 10.2 Å². The zero-order chi connectivity index (χ0) is 15.8. The normalized spacial score (nSPS) is 11.4. The van der Waals surface area contributed by atoms with Crippen LogP contribution in [0.5, 0.6) is 0 Å². The summed E-state index contributed by atoms with van der Waals surface area (Å²) in [6.45, 7) is 1.64. The number of aryl methyl sites for hydroxylation is 1. The summed E-state index contributed by atoms with van der Waals surface area (Å²) in [5.74, 6) is 0. The van der Waals surface area contributed by atoms with E-state index in [1.165, 1.54) is 6.07 Å². The first-order valence-corrected chi connectivity index (χ1v) is 8.50. The Kier molecular flexibility index (Phi) is 4.62. The Morgan fingerprint density at radius 3 is 2.38 bits per heavy atom. The standard InChI is InChI=1S/C11H9BrCl2N4O2S/c1-5-2-6(12)7(15)3-8(5)21(19,20)18-9-10(13)16-4-17-11(9)14/h2-4,18H,15H2,1H3. The SMILES string of the molecule is Cc1cc(Br)c(N)cc1S(=O)(=O)Nc1c(Cl)ncnc1Cl. The van der Waals surface area contributed by atoms with E-state index in [9.17, 15) is 8.42 Å². The number of aromatic nitrogens is 2. The van der Waals surface area contributed by atoms with Crippen molar-refractivity contribution in [3.8, 4) is 0 Å². The number of hydrogen-bond acceptors (Lipinski definition) is 5. The second kappa shape index (κ2) is 5.96. The van der Waals surface area contributed by atoms with Gasteiger partial charge in [0.2, 0.25) is 0 Å². The third-order valence-corrected chi connectivity index (χ3v) is 5.33. The highest BCUT2D eigenvalue weighted by molar-refractivity contribution is 9.10. The van der Waals surface area contributed by atoms with Gasteiger partial charge < -0.3 is 5.73 Å². The maximum Gasteiger partial charge on any atom is 0.262 e. The second-order valence-electron chi connectivity index (χ2n) is 4.08. The number of nitrogens with one attached hydrogen (secondary N) is 1. The molecule has 0 aliphatic heterocycles. The lowest BCUT2D eigenvalue weighted by Crippen LogP contribution is -2.16. The van der Waals surface area contributed by atoms with Crippen LogP contribution in [0.4, 0.5) is 11.4 Å². The fourth-order valence-corrected chi connectivity index (χ4v) is 3.89. The van der Waals surface area contributed by atoms with Gasteiger partial charge >= 0.3 is 0 Å². The number of rotatable bonds is 3. The van der Waals surface area contributed by atoms with E-state index in [1.807, 2.05) is 0 Å². The summed E-state index contributed by atoms with van der Waals surface area (Å²) in [6, 6.07) is 2.95. The van der Waals surface area contributed by atoms with Crippen LogP contribution < -0.4 is 10.5 Å². The zero-order valence-electron chi connectivity index (χ0n) is 10.6. The predicted molar refractivity (Wildman–Crippen MR) is 86.2 cm³/mol. The van der Waals surface area contributed by atoms with E-state index in [-0.39, 0.29) is 20.9 Å². The molecule has 1 aromatic carbocycles. The van der Waals surface area contributed by atoms with Crippen molar-refractivity contribution in [3.63, 3.8) is 0 Å². The Morgan fingerprint density at radius 2 is 1.81 bits per heavy atom. The number of sulfonamides is 1. The Labute approximate surface area is 139 Å². The highest BCUT2D eigenvalue weighted by Gasteiger charge is 2.22. The zero-order valence-corrected chi connectivity index (χ0v) is 14.5. The van der Waals surface area contributed by atoms with Crippen LogP contribution in [0, 0.1) is 6.92 Å². The van der Waals surface area contributed by atoms with Crippen LogP contribution >= 0.6 is 39.1 Å². The topological polar surface area (TPSA) is 98.0 Å². The van der Waals surface area contributed by atoms with Crippen molar-refractivity contribution in [2.45, 2.75) is 11.8 Å². The van der Waals surface area contributed by atoms with Crippen molar-refractivity contribution in [2.24, 2.45) is 0 Å². The van der Waals surface area contributed by atoms with Crippen LogP contribution in [0.2, 0.25) is 10.3 Å². The number of hydrogen-bond donors (Lipinski definition) is 2. The molecule has 1 heterocycles. The lowest BCUT2D eigenvalue weighted by molar-refractivity contribution is 0.600. The van der Waals surface area contributed by atoms with Crippen molar-refractivity contribution in [1.82, 2.24) is 9.97 Å². The van der Waals surface area contributed by atoms with E-state index in [1.54, 1.807) is 13.0 Å². The van der Waals surface area contributed by atoms with Gasteiger partial charge in [0.15, 0.2) is 10.3 Å². The molecule has 0 atom stereocenters. The highest BCUT2D eigenvalue weighted by atomic mass is 79.9. The smallest absolute Gasteiger partial charge is 0.262 e. The molecule has 0 amide bonds. The average molecular weight is 412 g/mol. The fraction of sp³-hybridized carbons (Fsp3) is 0.0909. The van der Waals surface area contributed by atoms with E-state index >= 15 is 0 Å². The molecule has 2 rings (SSSR count). The van der Waals surface area contributed by atoms with E-state index < -0.39 is 10.0 Å². The molecule has 0 spiro atoms. The van der Waals surface area contributed by atoms with Crippen LogP contribution in [0.1, 0.15) is 5.56 Å². The first-order chi connectivity index (χ1) is 9.72. The number of nitrogen functional groups attached to an aromatic ring is 1. The molecule has 0 radical (unpaired) electrons. The molecule has 6 nitrogen and oxygen atoms in total. The van der Waals surface area contributed by atoms with Crippen molar-refractivity contribution in [1.29, 1.82) is 0 Å². The third-order valence-electron chi connectivity index (χ3n) is 2.57. The molecule has 0 fully saturated rings. The Balaban J connectivity index is 2.51. The van der Waals surface area contributed by atoms with E-state index in [0.717, 1.165) is 6.33 Å². The summed E-state index contributed by atoms with van der Waals surface area (Å²) in [4.78, 5) is 7.38. The van der Waals surface area contributed by atoms with Crippen LogP contribution in [0.15, 0.2) is 27.8 Å². The molecule has 3 N–H and O–H groups in total. The molecule has 0 saturated heterocycles. The average Bonchev–Trinajstić information content (AvgIpc) is 2.38. The largest absolute Gasteiger partial charge is 0.398 e. The fourth-order valence-electron chi connectivity index (χ4n) is 1.58. The molecule has 0 aliphatic carbocycles. The van der Waals surface area contributed by atoms with Crippen LogP contribution in [0.25, 0.3) is 0 Å². The minimum Gasteiger partial charge on any atom is -0.398 e. The monoisotopic (exact) mass is 410 g/mol. The Bertz CT molecular complexity index is 794. The molecular weight excluding hydrogens is 403 g/mol. The van der Waals surface area contributed by atoms with Gasteiger partial charge in [-0.2, -0.15) is 0 Å². The number of anilines is 2. The molecule has 2 aromatic rings. The third kappa shape index (κ3) is 3.39. The summed E-state index contributed by atoms with van der Waals surface area (Å²) < 4.78 is 27.8. The maximum absolute atomic E-state index is 12.4. The van der Waals surface area contributed by atoms with Gasteiger partial charge in [-0.25, -0.2) is 18.4 Å². The molecule has 21 heavy (non-hydrogen) atoms. The van der Waals surface area contributed by atoms with Crippen molar-refractivity contribution in [3.05, 3.63) is 38.8 Å². The van der Waals surface area contributed by atoms with Gasteiger partial charge in [0.25, 0.3) is 10.0 Å². The minimum absolute atomic E-state index is 0.0131. The first-order valence-electron chi connectivity index (χ1n) is 5.47. The summed E-state index contributed by atoms with van der Waals surface area (Å²) in [5.41, 5.74) is 6.44. The summed E-state index contributed by atoms with van der Waals surface area (Å²) in [6.07, 6.45) is 1.13. The van der Waals surface area contributed by atoms with Gasteiger partial charge in [0.05, 0.1) is 4.90 Å². The summed E-state index contributed by atoms with van der Waals surface area (Å²) in [7, 11) is -3.93. The Morgan fingerprint density at radius 1 is 1.24 bits per heavy atom. The summed E-state index contributed by atoms with van der Waals surface area (Å²) in [5, 5.41) is -0.192. The maximum atomic E-state index is 12.4. The molecule has 0 saturated carbocycles. The van der Waals surface area contributed by atoms with Gasteiger partial charge in [-0.3, -0.25) is 4.72 Å². The lowest BCUT2D eigenvalue weighted by atomic mass is 10.2. The van der Waals surface area contributed by atoms with Crippen LogP contribution in [-0.4, -0.2) is 18.4 Å². The van der Waals surface area contributed by atoms with E-state index in [0.29, 0.717) is 15.7 Å². The van der Waals surface area contributed by atoms with Gasteiger partial charge in [0.1, 0.15) is 12.0 Å². The van der Waals surface area contributed by atoms with E-state index in [4.69, 9.17) is 28.9 Å². The molecule has 0 unspecified atom stereocenters. The quantitative estimate of drug-likeness (QED) is 0.596. The van der Waals surface area contributed by atoms with Crippen LogP contribution in [0.3, 0.4) is 0 Å². The van der Waals surface area contributed by atoms with Crippen LogP contribution in [-0.2, 0) is 10.0 Å². The molecule has 10 heteroatoms. The highest BCUT2D eigenvalue weighted by Crippen LogP contribution is 2.31. The molecule has 0 bridgehead atoms. The van der Waals surface area contributed by atoms with Gasteiger partial charge in [-0.1, -0.05) is 23.2 Å². The number of benzene rings is 1. The first kappa shape index (κ1) is 16.3. The molecule has 112 valence electrons. The van der Waals surface area contributed by atoms with Gasteiger partial charge in [-0.05, 0) is 40.5 Å². The summed E-state index contributed by atoms with van der Waals surface area (Å²) >= 11 is 14.9.